The number of aryl methyl sites for hydroxylation is 1. The van der Waals surface area contributed by atoms with Crippen molar-refractivity contribution in [2.24, 2.45) is 0 Å². The SMILES string of the molecule is Cc1cnc2nc1-c1cccc(c1)OCCC=CCN(C)Cc1cc(ccc1OCCn1cncn1)N2. The van der Waals surface area contributed by atoms with Gasteiger partial charge in [0.1, 0.15) is 30.8 Å². The molecule has 0 spiro atoms. The summed E-state index contributed by atoms with van der Waals surface area (Å²) < 4.78 is 13.9. The summed E-state index contributed by atoms with van der Waals surface area (Å²) in [5.41, 5.74) is 4.84. The Balaban J connectivity index is 1.44. The molecule has 4 aromatic rings. The van der Waals surface area contributed by atoms with E-state index in [0.29, 0.717) is 25.7 Å². The molecule has 2 aromatic heterocycles. The number of rotatable bonds is 4. The van der Waals surface area contributed by atoms with Gasteiger partial charge in [-0.1, -0.05) is 24.3 Å². The van der Waals surface area contributed by atoms with Gasteiger partial charge >= 0.3 is 0 Å². The Labute approximate surface area is 216 Å². The number of nitrogens with zero attached hydrogens (tertiary/aromatic N) is 6. The van der Waals surface area contributed by atoms with Crippen LogP contribution in [0.25, 0.3) is 11.3 Å². The van der Waals surface area contributed by atoms with Gasteiger partial charge in [-0.05, 0) is 56.3 Å². The van der Waals surface area contributed by atoms with Crippen molar-refractivity contribution >= 4 is 11.6 Å². The highest BCUT2D eigenvalue weighted by molar-refractivity contribution is 5.67. The van der Waals surface area contributed by atoms with Crippen molar-refractivity contribution in [1.29, 1.82) is 0 Å². The smallest absolute Gasteiger partial charge is 0.227 e. The fraction of sp³-hybridized carbons (Fsp3) is 0.286. The maximum absolute atomic E-state index is 6.15. The number of hydrogen-bond acceptors (Lipinski definition) is 8. The fourth-order valence-corrected chi connectivity index (χ4v) is 4.15. The van der Waals surface area contributed by atoms with E-state index in [4.69, 9.17) is 14.5 Å². The second kappa shape index (κ2) is 11.7. The second-order valence-corrected chi connectivity index (χ2v) is 9.01. The molecule has 0 unspecified atom stereocenters. The molecule has 0 atom stereocenters. The Bertz CT molecular complexity index is 1350. The highest BCUT2D eigenvalue weighted by atomic mass is 16.5. The van der Waals surface area contributed by atoms with Crippen molar-refractivity contribution in [3.8, 4) is 22.8 Å². The summed E-state index contributed by atoms with van der Waals surface area (Å²) in [7, 11) is 2.10. The minimum atomic E-state index is 0.496. The third-order valence-electron chi connectivity index (χ3n) is 6.02. The van der Waals surface area contributed by atoms with Gasteiger partial charge in [-0.25, -0.2) is 19.6 Å². The monoisotopic (exact) mass is 497 g/mol. The third kappa shape index (κ3) is 6.50. The molecular formula is C28H31N7O2. The zero-order chi connectivity index (χ0) is 25.5. The number of fused-ring (bicyclic) bond motifs is 7. The first-order valence-corrected chi connectivity index (χ1v) is 12.4. The van der Waals surface area contributed by atoms with Crippen molar-refractivity contribution < 1.29 is 9.47 Å². The molecule has 0 saturated heterocycles. The average Bonchev–Trinajstić information content (AvgIpc) is 3.42. The molecule has 2 aromatic carbocycles. The van der Waals surface area contributed by atoms with E-state index in [9.17, 15) is 0 Å². The molecule has 0 saturated carbocycles. The normalized spacial score (nSPS) is 14.2. The molecule has 37 heavy (non-hydrogen) atoms. The molecule has 0 amide bonds. The summed E-state index contributed by atoms with van der Waals surface area (Å²) in [4.78, 5) is 15.6. The van der Waals surface area contributed by atoms with E-state index >= 15 is 0 Å². The molecule has 1 N–H and O–H groups in total. The van der Waals surface area contributed by atoms with Gasteiger partial charge in [0.05, 0.1) is 18.8 Å². The molecule has 1 aliphatic heterocycles. The molecule has 3 heterocycles. The Morgan fingerprint density at radius 2 is 2.08 bits per heavy atom. The molecule has 0 radical (unpaired) electrons. The summed E-state index contributed by atoms with van der Waals surface area (Å²) in [5, 5.41) is 7.52. The number of hydrogen-bond donors (Lipinski definition) is 1. The lowest BCUT2D eigenvalue weighted by molar-refractivity contribution is 0.280. The van der Waals surface area contributed by atoms with Gasteiger partial charge in [-0.15, -0.1) is 0 Å². The Morgan fingerprint density at radius 3 is 2.97 bits per heavy atom. The van der Waals surface area contributed by atoms with E-state index in [1.807, 2.05) is 49.5 Å². The molecule has 190 valence electrons. The number of benzene rings is 2. The minimum absolute atomic E-state index is 0.496. The van der Waals surface area contributed by atoms with Crippen LogP contribution in [0.3, 0.4) is 0 Å². The van der Waals surface area contributed by atoms with E-state index in [0.717, 1.165) is 59.1 Å². The first kappa shape index (κ1) is 24.5. The van der Waals surface area contributed by atoms with E-state index in [-0.39, 0.29) is 0 Å². The van der Waals surface area contributed by atoms with Crippen LogP contribution in [-0.2, 0) is 13.1 Å². The average molecular weight is 498 g/mol. The molecule has 0 aliphatic carbocycles. The summed E-state index contributed by atoms with van der Waals surface area (Å²) >= 11 is 0. The molecule has 5 rings (SSSR count). The van der Waals surface area contributed by atoms with Gasteiger partial charge < -0.3 is 14.8 Å². The van der Waals surface area contributed by atoms with Crippen molar-refractivity contribution in [3.63, 3.8) is 0 Å². The minimum Gasteiger partial charge on any atom is -0.493 e. The maximum atomic E-state index is 6.15. The highest BCUT2D eigenvalue weighted by Gasteiger charge is 2.12. The van der Waals surface area contributed by atoms with E-state index in [2.05, 4.69) is 50.5 Å². The topological polar surface area (TPSA) is 90.2 Å². The molecule has 9 heteroatoms. The number of ether oxygens (including phenoxy) is 2. The van der Waals surface area contributed by atoms with Crippen LogP contribution < -0.4 is 14.8 Å². The predicted octanol–water partition coefficient (Wildman–Crippen LogP) is 4.64. The van der Waals surface area contributed by atoms with Gasteiger partial charge in [0, 0.05) is 36.1 Å². The first-order valence-electron chi connectivity index (χ1n) is 12.4. The molecule has 0 fully saturated rings. The van der Waals surface area contributed by atoms with Crippen LogP contribution in [0.2, 0.25) is 0 Å². The van der Waals surface area contributed by atoms with Crippen LogP contribution in [0.1, 0.15) is 17.5 Å². The summed E-state index contributed by atoms with van der Waals surface area (Å²) in [5.74, 6) is 2.21. The molecule has 9 nitrogen and oxygen atoms in total. The standard InChI is InChI=1S/C28H31N7O2/c1-21-17-30-28-32-24-9-10-26(37-14-12-35-20-29-19-31-35)23(15-24)18-34(2)11-4-3-5-13-36-25-8-6-7-22(16-25)27(21)33-28/h3-4,6-10,15-17,19-20H,5,11-14,18H2,1-2H3,(H,30,32,33). The predicted molar refractivity (Wildman–Crippen MR) is 143 cm³/mol. The van der Waals surface area contributed by atoms with Crippen LogP contribution in [0, 0.1) is 6.92 Å². The Morgan fingerprint density at radius 1 is 1.14 bits per heavy atom. The van der Waals surface area contributed by atoms with Gasteiger partial charge in [0.15, 0.2) is 0 Å². The van der Waals surface area contributed by atoms with Crippen molar-refractivity contribution in [1.82, 2.24) is 29.6 Å². The van der Waals surface area contributed by atoms with Gasteiger partial charge in [0.25, 0.3) is 0 Å². The second-order valence-electron chi connectivity index (χ2n) is 9.01. The zero-order valence-corrected chi connectivity index (χ0v) is 21.2. The lowest BCUT2D eigenvalue weighted by Gasteiger charge is -2.19. The van der Waals surface area contributed by atoms with Gasteiger partial charge in [-0.2, -0.15) is 5.10 Å². The maximum Gasteiger partial charge on any atom is 0.227 e. The zero-order valence-electron chi connectivity index (χ0n) is 21.2. The van der Waals surface area contributed by atoms with Crippen molar-refractivity contribution in [2.75, 3.05) is 32.1 Å². The van der Waals surface area contributed by atoms with Crippen LogP contribution in [0.4, 0.5) is 11.6 Å². The largest absolute Gasteiger partial charge is 0.493 e. The Kier molecular flexibility index (Phi) is 7.71. The van der Waals surface area contributed by atoms with Crippen LogP contribution >= 0.6 is 0 Å². The number of aromatic nitrogens is 5. The number of anilines is 2. The van der Waals surface area contributed by atoms with Crippen LogP contribution in [-0.4, -0.2) is 56.4 Å². The van der Waals surface area contributed by atoms with Crippen molar-refractivity contribution in [2.45, 2.75) is 26.4 Å². The van der Waals surface area contributed by atoms with E-state index < -0.39 is 0 Å². The Hall–Kier alpha value is -4.24. The quantitative estimate of drug-likeness (QED) is 0.408. The number of nitrogens with one attached hydrogen (secondary N) is 1. The van der Waals surface area contributed by atoms with Crippen molar-refractivity contribution in [3.05, 3.63) is 84.6 Å². The summed E-state index contributed by atoms with van der Waals surface area (Å²) in [6, 6.07) is 14.1. The fourth-order valence-electron chi connectivity index (χ4n) is 4.15. The summed E-state index contributed by atoms with van der Waals surface area (Å²) in [6.45, 7) is 5.29. The van der Waals surface area contributed by atoms with Gasteiger partial charge in [0.2, 0.25) is 5.95 Å². The van der Waals surface area contributed by atoms with Gasteiger partial charge in [-0.3, -0.25) is 4.90 Å². The van der Waals surface area contributed by atoms with Crippen LogP contribution in [0.5, 0.6) is 11.5 Å². The number of likely N-dealkylation sites (N-methyl/N-ethyl adjacent to an activating group) is 1. The lowest BCUT2D eigenvalue weighted by Crippen LogP contribution is -2.19. The molecular weight excluding hydrogens is 466 g/mol. The molecule has 6 bridgehead atoms. The van der Waals surface area contributed by atoms with E-state index in [1.54, 1.807) is 11.0 Å². The third-order valence-corrected chi connectivity index (χ3v) is 6.02. The first-order chi connectivity index (χ1) is 18.1. The summed E-state index contributed by atoms with van der Waals surface area (Å²) in [6.07, 6.45) is 10.2. The van der Waals surface area contributed by atoms with Crippen LogP contribution in [0.15, 0.2) is 73.5 Å². The lowest BCUT2D eigenvalue weighted by atomic mass is 10.1. The highest BCUT2D eigenvalue weighted by Crippen LogP contribution is 2.29. The molecule has 1 aliphatic rings. The van der Waals surface area contributed by atoms with E-state index in [1.165, 1.54) is 6.33 Å².